The first-order valence-corrected chi connectivity index (χ1v) is 18.6. The van der Waals surface area contributed by atoms with E-state index in [2.05, 4.69) is 51.1 Å². The maximum absolute atomic E-state index is 3.64. The van der Waals surface area contributed by atoms with Crippen LogP contribution in [0, 0.1) is 0 Å². The maximum atomic E-state index is 3.64. The van der Waals surface area contributed by atoms with E-state index in [0.29, 0.717) is 11.2 Å². The molecule has 0 amide bonds. The quantitative estimate of drug-likeness (QED) is 0.196. The summed E-state index contributed by atoms with van der Waals surface area (Å²) < 4.78 is 0. The molecule has 0 aromatic carbocycles. The van der Waals surface area contributed by atoms with Crippen LogP contribution in [0.25, 0.3) is 0 Å². The van der Waals surface area contributed by atoms with Gasteiger partial charge in [-0.1, -0.05) is 0 Å². The predicted molar refractivity (Wildman–Crippen MR) is 63.9 cm³/mol. The Balaban J connectivity index is 0. The van der Waals surface area contributed by atoms with Gasteiger partial charge in [-0.15, -0.1) is 0 Å². The van der Waals surface area contributed by atoms with Crippen molar-refractivity contribution in [2.45, 2.75) is 24.0 Å². The van der Waals surface area contributed by atoms with Gasteiger partial charge in [0.2, 0.25) is 0 Å². The van der Waals surface area contributed by atoms with E-state index in [0.717, 1.165) is 15.0 Å². The van der Waals surface area contributed by atoms with Crippen LogP contribution in [-0.4, -0.2) is 15.0 Å². The van der Waals surface area contributed by atoms with Gasteiger partial charge in [0.05, 0.1) is 0 Å². The van der Waals surface area contributed by atoms with Crippen LogP contribution in [0.15, 0.2) is 12.7 Å². The van der Waals surface area contributed by atoms with Gasteiger partial charge in [0, 0.05) is 0 Å². The van der Waals surface area contributed by atoms with E-state index in [-0.39, 0.29) is 0 Å². The van der Waals surface area contributed by atoms with E-state index >= 15 is 0 Å². The molecule has 0 fully saturated rings. The molecule has 0 saturated carbocycles. The number of rotatable bonds is 4. The molecule has 0 rings (SSSR count). The van der Waals surface area contributed by atoms with E-state index in [1.54, 1.807) is 0 Å². The monoisotopic (exact) mass is 613 g/mol. The van der Waals surface area contributed by atoms with Crippen LogP contribution >= 0.6 is 38.7 Å². The summed E-state index contributed by atoms with van der Waals surface area (Å²) in [6.45, 7) is 3.64. The molecule has 0 heterocycles. The zero-order valence-corrected chi connectivity index (χ0v) is 14.2. The number of hydrogen-bond donors (Lipinski definition) is 0. The molecule has 0 N–H and O–H groups in total. The molecule has 0 radical (unpaired) electrons. The average molecular weight is 612 g/mol. The molecule has 0 aromatic rings. The van der Waals surface area contributed by atoms with Crippen molar-refractivity contribution < 1.29 is 11.2 Å². The number of hydrogen-bond acceptors (Lipinski definition) is 0. The molecule has 0 aliphatic rings. The summed E-state index contributed by atoms with van der Waals surface area (Å²) in [5.74, 6) is 2.27. The van der Waals surface area contributed by atoms with Gasteiger partial charge in [-0.3, -0.25) is 0 Å². The molecule has 0 spiro atoms. The fourth-order valence-electron chi connectivity index (χ4n) is 0.372. The van der Waals surface area contributed by atoms with Crippen LogP contribution in [0.2, 0.25) is 11.1 Å². The van der Waals surface area contributed by atoms with E-state index in [1.165, 1.54) is 18.2 Å². The summed E-state index contributed by atoms with van der Waals surface area (Å²) in [6.07, 6.45) is 4.54. The Hall–Kier alpha value is 2.41. The zero-order valence-electron chi connectivity index (χ0n) is 5.89. The Kier molecular flexibility index (Phi) is 26.1. The van der Waals surface area contributed by atoms with Crippen LogP contribution in [0.3, 0.4) is 0 Å². The minimum absolute atomic E-state index is 0.523. The first-order chi connectivity index (χ1) is 4.83. The molecule has 4 heteroatoms. The Morgan fingerprint density at radius 3 is 2.40 bits per heavy atom. The third kappa shape index (κ3) is 22.4. The van der Waals surface area contributed by atoms with Gasteiger partial charge in [-0.05, 0) is 0 Å². The van der Waals surface area contributed by atoms with Gasteiger partial charge >= 0.3 is 102 Å². The molecule has 0 aliphatic heterocycles. The second-order valence-electron chi connectivity index (χ2n) is 1.47. The van der Waals surface area contributed by atoms with E-state index in [4.69, 9.17) is 0 Å². The second-order valence-corrected chi connectivity index (χ2v) is 20.1. The van der Waals surface area contributed by atoms with Crippen molar-refractivity contribution in [2.75, 3.05) is 0 Å². The third-order valence-electron chi connectivity index (χ3n) is 0.757. The molecule has 0 unspecified atom stereocenters. The van der Waals surface area contributed by atoms with Crippen molar-refractivity contribution in [3.63, 3.8) is 0 Å². The Morgan fingerprint density at radius 2 is 2.10 bits per heavy atom. The van der Waals surface area contributed by atoms with Gasteiger partial charge in [0.1, 0.15) is 0 Å². The molecule has 0 aromatic heterocycles. The van der Waals surface area contributed by atoms with Crippen molar-refractivity contribution in [1.29, 1.82) is 0 Å². The molecular weight excluding hydrogens is 600 g/mol. The van der Waals surface area contributed by atoms with Gasteiger partial charge in [-0.2, -0.15) is 0 Å². The Bertz CT molecular complexity index is 61.7. The van der Waals surface area contributed by atoms with E-state index in [1.807, 2.05) is 6.08 Å². The summed E-state index contributed by atoms with van der Waals surface area (Å²) in [6, 6.07) is 0. The third-order valence-corrected chi connectivity index (χ3v) is 2.22. The summed E-state index contributed by atoms with van der Waals surface area (Å²) in [4.78, 5) is 0. The first kappa shape index (κ1) is 14.9. The van der Waals surface area contributed by atoms with Crippen LogP contribution in [0.1, 0.15) is 12.8 Å². The SMILES string of the molecule is C=CCCC[Se]C.[I][Pt][I]. The average Bonchev–Trinajstić information content (AvgIpc) is 1.91. The van der Waals surface area contributed by atoms with Crippen LogP contribution < -0.4 is 0 Å². The fourth-order valence-corrected chi connectivity index (χ4v) is 1.33. The van der Waals surface area contributed by atoms with Crippen molar-refractivity contribution in [1.82, 2.24) is 0 Å². The summed E-state index contributed by atoms with van der Waals surface area (Å²) in [5.41, 5.74) is 0. The second kappa shape index (κ2) is 17.5. The number of allylic oxidation sites excluding steroid dienone is 1. The standard InChI is InChI=1S/C6H12Se.2HI.Pt/c1-3-4-5-6-7-2;;;/h3H,1,4-6H2,2H3;2*1H;/q;;;+2/p-2. The summed E-state index contributed by atoms with van der Waals surface area (Å²) >= 11 is 6.17. The van der Waals surface area contributed by atoms with Crippen LogP contribution in [-0.2, 0) is 11.2 Å². The molecule has 0 aliphatic carbocycles. The van der Waals surface area contributed by atoms with Crippen molar-refractivity contribution in [3.05, 3.63) is 12.7 Å². The Morgan fingerprint density at radius 1 is 1.60 bits per heavy atom. The molecule has 0 saturated heterocycles. The van der Waals surface area contributed by atoms with Gasteiger partial charge < -0.3 is 0 Å². The molecule has 10 heavy (non-hydrogen) atoms. The van der Waals surface area contributed by atoms with E-state index < -0.39 is 0 Å². The predicted octanol–water partition coefficient (Wildman–Crippen LogP) is 3.89. The topological polar surface area (TPSA) is 0 Å². The number of unbranched alkanes of at least 4 members (excludes halogenated alkanes) is 1. The molecule has 66 valence electrons. The van der Waals surface area contributed by atoms with Crippen LogP contribution in [0.4, 0.5) is 0 Å². The molecular formula is C6H12I2PtSe. The van der Waals surface area contributed by atoms with Crippen molar-refractivity contribution >= 4 is 53.7 Å². The summed E-state index contributed by atoms with van der Waals surface area (Å²) in [7, 11) is 0. The van der Waals surface area contributed by atoms with Crippen molar-refractivity contribution in [2.24, 2.45) is 0 Å². The van der Waals surface area contributed by atoms with Crippen molar-refractivity contribution in [3.8, 4) is 0 Å². The molecule has 0 nitrogen and oxygen atoms in total. The van der Waals surface area contributed by atoms with Gasteiger partial charge in [0.25, 0.3) is 0 Å². The van der Waals surface area contributed by atoms with Gasteiger partial charge in [0.15, 0.2) is 0 Å². The normalized spacial score (nSPS) is 8.30. The molecule has 0 atom stereocenters. The van der Waals surface area contributed by atoms with Crippen LogP contribution in [0.5, 0.6) is 0 Å². The summed E-state index contributed by atoms with van der Waals surface area (Å²) in [5, 5.41) is 1.42. The Labute approximate surface area is 99.7 Å². The number of halogens is 2. The minimum atomic E-state index is 0.523. The first-order valence-electron chi connectivity index (χ1n) is 2.75. The molecule has 0 bridgehead atoms. The van der Waals surface area contributed by atoms with Gasteiger partial charge in [-0.25, -0.2) is 0 Å². The van der Waals surface area contributed by atoms with E-state index in [9.17, 15) is 0 Å². The fraction of sp³-hybridized carbons (Fsp3) is 0.667. The zero-order chi connectivity index (χ0) is 8.24.